The SMILES string of the molecule is CCN(CC)c1ccc(/C=C(\C#N)C(=O)c2cccc(C)c2)cc1. The van der Waals surface area contributed by atoms with Crippen molar-refractivity contribution in [1.29, 1.82) is 5.26 Å². The smallest absolute Gasteiger partial charge is 0.203 e. The van der Waals surface area contributed by atoms with Crippen LogP contribution in [0, 0.1) is 18.3 Å². The van der Waals surface area contributed by atoms with Crippen LogP contribution >= 0.6 is 0 Å². The number of nitriles is 1. The van der Waals surface area contributed by atoms with Gasteiger partial charge in [0.2, 0.25) is 5.78 Å². The Morgan fingerprint density at radius 1 is 1.12 bits per heavy atom. The molecule has 0 bridgehead atoms. The van der Waals surface area contributed by atoms with Gasteiger partial charge in [0.1, 0.15) is 11.6 Å². The van der Waals surface area contributed by atoms with Crippen molar-refractivity contribution in [2.45, 2.75) is 20.8 Å². The zero-order chi connectivity index (χ0) is 17.5. The average molecular weight is 318 g/mol. The Morgan fingerprint density at radius 3 is 2.33 bits per heavy atom. The predicted octanol–water partition coefficient (Wildman–Crippen LogP) is 4.63. The minimum atomic E-state index is -0.242. The molecule has 0 aromatic heterocycles. The second-order valence-electron chi connectivity index (χ2n) is 5.63. The van der Waals surface area contributed by atoms with Crippen LogP contribution in [0.25, 0.3) is 6.08 Å². The van der Waals surface area contributed by atoms with Gasteiger partial charge in [0.05, 0.1) is 0 Å². The molecule has 0 amide bonds. The third-order valence-corrected chi connectivity index (χ3v) is 3.98. The van der Waals surface area contributed by atoms with Crippen LogP contribution in [0.15, 0.2) is 54.1 Å². The summed E-state index contributed by atoms with van der Waals surface area (Å²) < 4.78 is 0. The van der Waals surface area contributed by atoms with E-state index in [-0.39, 0.29) is 11.4 Å². The summed E-state index contributed by atoms with van der Waals surface area (Å²) in [5, 5.41) is 9.36. The van der Waals surface area contributed by atoms with E-state index in [1.54, 1.807) is 18.2 Å². The lowest BCUT2D eigenvalue weighted by Gasteiger charge is -2.20. The fourth-order valence-corrected chi connectivity index (χ4v) is 2.63. The second-order valence-corrected chi connectivity index (χ2v) is 5.63. The number of rotatable bonds is 6. The van der Waals surface area contributed by atoms with Crippen LogP contribution in [-0.4, -0.2) is 18.9 Å². The normalized spacial score (nSPS) is 11.0. The summed E-state index contributed by atoms with van der Waals surface area (Å²) in [4.78, 5) is 14.7. The van der Waals surface area contributed by atoms with E-state index in [2.05, 4.69) is 18.7 Å². The van der Waals surface area contributed by atoms with Crippen LogP contribution in [0.4, 0.5) is 5.69 Å². The molecule has 0 radical (unpaired) electrons. The number of aryl methyl sites for hydroxylation is 1. The molecule has 0 aliphatic carbocycles. The summed E-state index contributed by atoms with van der Waals surface area (Å²) in [5.74, 6) is -0.242. The van der Waals surface area contributed by atoms with Crippen LogP contribution in [0.1, 0.15) is 35.3 Å². The minimum Gasteiger partial charge on any atom is -0.372 e. The zero-order valence-electron chi connectivity index (χ0n) is 14.4. The highest BCUT2D eigenvalue weighted by atomic mass is 16.1. The highest BCUT2D eigenvalue weighted by Gasteiger charge is 2.12. The van der Waals surface area contributed by atoms with Crippen molar-refractivity contribution in [2.24, 2.45) is 0 Å². The molecule has 0 heterocycles. The first-order valence-corrected chi connectivity index (χ1v) is 8.17. The minimum absolute atomic E-state index is 0.149. The summed E-state index contributed by atoms with van der Waals surface area (Å²) in [6.45, 7) is 8.05. The Morgan fingerprint density at radius 2 is 1.79 bits per heavy atom. The van der Waals surface area contributed by atoms with Crippen molar-refractivity contribution in [1.82, 2.24) is 0 Å². The van der Waals surface area contributed by atoms with E-state index >= 15 is 0 Å². The molecule has 3 heteroatoms. The van der Waals surface area contributed by atoms with E-state index in [1.165, 1.54) is 0 Å². The number of carbonyl (C=O) groups is 1. The van der Waals surface area contributed by atoms with E-state index < -0.39 is 0 Å². The lowest BCUT2D eigenvalue weighted by Crippen LogP contribution is -2.21. The lowest BCUT2D eigenvalue weighted by atomic mass is 10.0. The number of anilines is 1. The van der Waals surface area contributed by atoms with Gasteiger partial charge in [0.15, 0.2) is 0 Å². The van der Waals surface area contributed by atoms with E-state index in [0.717, 1.165) is 29.9 Å². The monoisotopic (exact) mass is 318 g/mol. The maximum Gasteiger partial charge on any atom is 0.203 e. The standard InChI is InChI=1S/C21H22N2O/c1-4-23(5-2)20-11-9-17(10-12-20)14-19(15-22)21(24)18-8-6-7-16(3)13-18/h6-14H,4-5H2,1-3H3/b19-14+. The maximum atomic E-state index is 12.5. The summed E-state index contributed by atoms with van der Waals surface area (Å²) in [7, 11) is 0. The molecule has 3 nitrogen and oxygen atoms in total. The Kier molecular flexibility index (Phi) is 5.92. The van der Waals surface area contributed by atoms with Gasteiger partial charge in [0.25, 0.3) is 0 Å². The number of ketones is 1. The van der Waals surface area contributed by atoms with Crippen LogP contribution < -0.4 is 4.90 Å². The first-order chi connectivity index (χ1) is 11.6. The first-order valence-electron chi connectivity index (χ1n) is 8.17. The highest BCUT2D eigenvalue weighted by Crippen LogP contribution is 2.18. The number of benzene rings is 2. The molecule has 2 aromatic carbocycles. The molecule has 0 aliphatic heterocycles. The molecular weight excluding hydrogens is 296 g/mol. The summed E-state index contributed by atoms with van der Waals surface area (Å²) in [6, 6.07) is 17.2. The zero-order valence-corrected chi connectivity index (χ0v) is 14.4. The van der Waals surface area contributed by atoms with Gasteiger partial charge in [-0.15, -0.1) is 0 Å². The van der Waals surface area contributed by atoms with Gasteiger partial charge in [-0.05, 0) is 50.6 Å². The Labute approximate surface area is 143 Å². The van der Waals surface area contributed by atoms with Gasteiger partial charge < -0.3 is 4.90 Å². The van der Waals surface area contributed by atoms with Crippen molar-refractivity contribution < 1.29 is 4.79 Å². The second kappa shape index (κ2) is 8.12. The number of carbonyl (C=O) groups excluding carboxylic acids is 1. The molecule has 0 aliphatic rings. The van der Waals surface area contributed by atoms with Crippen molar-refractivity contribution in [3.8, 4) is 6.07 Å². The van der Waals surface area contributed by atoms with E-state index in [4.69, 9.17) is 0 Å². The van der Waals surface area contributed by atoms with Gasteiger partial charge in [-0.2, -0.15) is 5.26 Å². The van der Waals surface area contributed by atoms with Crippen molar-refractivity contribution in [2.75, 3.05) is 18.0 Å². The third kappa shape index (κ3) is 4.11. The van der Waals surface area contributed by atoms with Crippen LogP contribution in [0.2, 0.25) is 0 Å². The number of hydrogen-bond donors (Lipinski definition) is 0. The largest absolute Gasteiger partial charge is 0.372 e. The Bertz CT molecular complexity index is 778. The van der Waals surface area contributed by atoms with Crippen molar-refractivity contribution in [3.63, 3.8) is 0 Å². The highest BCUT2D eigenvalue weighted by molar-refractivity contribution is 6.14. The number of Topliss-reactive ketones (excluding diaryl/α,β-unsaturated/α-hetero) is 1. The fourth-order valence-electron chi connectivity index (χ4n) is 2.63. The summed E-state index contributed by atoms with van der Waals surface area (Å²) in [6.07, 6.45) is 1.65. The number of allylic oxidation sites excluding steroid dienone is 1. The van der Waals surface area contributed by atoms with Gasteiger partial charge in [-0.3, -0.25) is 4.79 Å². The predicted molar refractivity (Wildman–Crippen MR) is 99.1 cm³/mol. The average Bonchev–Trinajstić information content (AvgIpc) is 2.61. The molecule has 2 rings (SSSR count). The van der Waals surface area contributed by atoms with Crippen molar-refractivity contribution in [3.05, 3.63) is 70.8 Å². The van der Waals surface area contributed by atoms with Crippen molar-refractivity contribution >= 4 is 17.5 Å². The Hall–Kier alpha value is -2.86. The topological polar surface area (TPSA) is 44.1 Å². The van der Waals surface area contributed by atoms with Crippen LogP contribution in [-0.2, 0) is 0 Å². The molecule has 0 spiro atoms. The number of hydrogen-bond acceptors (Lipinski definition) is 3. The van der Waals surface area contributed by atoms with Gasteiger partial charge in [-0.25, -0.2) is 0 Å². The van der Waals surface area contributed by atoms with Gasteiger partial charge in [-0.1, -0.05) is 35.9 Å². The molecular formula is C21H22N2O. The van der Waals surface area contributed by atoms with Gasteiger partial charge in [0, 0.05) is 24.3 Å². The van der Waals surface area contributed by atoms with Gasteiger partial charge >= 0.3 is 0 Å². The molecule has 0 unspecified atom stereocenters. The van der Waals surface area contributed by atoms with E-state index in [0.29, 0.717) is 5.56 Å². The molecule has 0 N–H and O–H groups in total. The molecule has 24 heavy (non-hydrogen) atoms. The molecule has 0 saturated carbocycles. The maximum absolute atomic E-state index is 12.5. The van der Waals surface area contributed by atoms with E-state index in [9.17, 15) is 10.1 Å². The third-order valence-electron chi connectivity index (χ3n) is 3.98. The van der Waals surface area contributed by atoms with Crippen LogP contribution in [0.5, 0.6) is 0 Å². The fraction of sp³-hybridized carbons (Fsp3) is 0.238. The first kappa shape index (κ1) is 17.5. The summed E-state index contributed by atoms with van der Waals surface area (Å²) in [5.41, 5.74) is 3.68. The quantitative estimate of drug-likeness (QED) is 0.443. The number of nitrogens with zero attached hydrogens (tertiary/aromatic N) is 2. The molecule has 122 valence electrons. The molecule has 0 fully saturated rings. The lowest BCUT2D eigenvalue weighted by molar-refractivity contribution is 0.104. The molecule has 0 atom stereocenters. The van der Waals surface area contributed by atoms with Crippen LogP contribution in [0.3, 0.4) is 0 Å². The molecule has 0 saturated heterocycles. The summed E-state index contributed by atoms with van der Waals surface area (Å²) >= 11 is 0. The molecule has 2 aromatic rings. The van der Waals surface area contributed by atoms with E-state index in [1.807, 2.05) is 49.4 Å². The Balaban J connectivity index is 2.27.